The van der Waals surface area contributed by atoms with Crippen LogP contribution in [0.3, 0.4) is 0 Å². The van der Waals surface area contributed by atoms with Crippen molar-refractivity contribution in [3.63, 3.8) is 0 Å². The first-order valence-corrected chi connectivity index (χ1v) is 6.28. The Labute approximate surface area is 93.6 Å². The monoisotopic (exact) mass is 206 g/mol. The molecule has 0 aliphatic heterocycles. The molecule has 0 spiro atoms. The van der Waals surface area contributed by atoms with Gasteiger partial charge in [0.15, 0.2) is 0 Å². The Morgan fingerprint density at radius 1 is 1.20 bits per heavy atom. The quantitative estimate of drug-likeness (QED) is 0.380. The Hall–Kier alpha value is -0.770. The number of ketones is 1. The maximum absolute atomic E-state index is 11.6. The molecule has 0 bridgehead atoms. The van der Waals surface area contributed by atoms with Crippen molar-refractivity contribution in [3.05, 3.63) is 0 Å². The number of hydrogen-bond donors (Lipinski definition) is 0. The maximum atomic E-state index is 11.6. The van der Waals surface area contributed by atoms with Gasteiger partial charge in [0.25, 0.3) is 0 Å². The van der Waals surface area contributed by atoms with Crippen LogP contribution in [-0.4, -0.2) is 5.78 Å². The summed E-state index contributed by atoms with van der Waals surface area (Å²) < 4.78 is 0. The molecule has 0 atom stereocenters. The van der Waals surface area contributed by atoms with Gasteiger partial charge in [-0.3, -0.25) is 4.79 Å². The van der Waals surface area contributed by atoms with Gasteiger partial charge in [-0.25, -0.2) is 0 Å². The molecular formula is C14H22O. The van der Waals surface area contributed by atoms with Crippen LogP contribution in [0.2, 0.25) is 0 Å². The third-order valence-electron chi connectivity index (χ3n) is 3.27. The number of hydrogen-bond acceptors (Lipinski definition) is 1. The minimum Gasteiger partial charge on any atom is -0.300 e. The van der Waals surface area contributed by atoms with Crippen LogP contribution < -0.4 is 0 Å². The van der Waals surface area contributed by atoms with E-state index in [0.717, 1.165) is 19.3 Å². The van der Waals surface area contributed by atoms with Gasteiger partial charge in [0.05, 0.1) is 0 Å². The average molecular weight is 206 g/mol. The molecule has 1 aliphatic carbocycles. The van der Waals surface area contributed by atoms with Gasteiger partial charge in [-0.2, -0.15) is 0 Å². The molecule has 1 rings (SSSR count). The van der Waals surface area contributed by atoms with Crippen molar-refractivity contribution in [2.24, 2.45) is 5.92 Å². The molecular weight excluding hydrogens is 184 g/mol. The highest BCUT2D eigenvalue weighted by Gasteiger charge is 2.15. The lowest BCUT2D eigenvalue weighted by Gasteiger charge is -2.12. The Balaban J connectivity index is 2.15. The maximum Gasteiger partial charge on any atom is 0.133 e. The molecule has 0 saturated heterocycles. The molecule has 0 aromatic carbocycles. The standard InChI is InChI=1S/C14H22O/c1-2-3-6-11-14(15)12-13-9-7-4-5-8-10-13/h1,13H,3-12H2. The highest BCUT2D eigenvalue weighted by molar-refractivity contribution is 5.78. The van der Waals surface area contributed by atoms with Crippen LogP contribution in [0.5, 0.6) is 0 Å². The molecule has 1 fully saturated rings. The fourth-order valence-corrected chi connectivity index (χ4v) is 2.38. The number of terminal acetylenes is 1. The predicted octanol–water partition coefficient (Wildman–Crippen LogP) is 3.72. The van der Waals surface area contributed by atoms with E-state index < -0.39 is 0 Å². The van der Waals surface area contributed by atoms with Gasteiger partial charge in [0.1, 0.15) is 5.78 Å². The average Bonchev–Trinajstić information content (AvgIpc) is 2.47. The van der Waals surface area contributed by atoms with Crippen molar-refractivity contribution < 1.29 is 4.79 Å². The topological polar surface area (TPSA) is 17.1 Å². The predicted molar refractivity (Wildman–Crippen MR) is 63.5 cm³/mol. The zero-order valence-electron chi connectivity index (χ0n) is 9.63. The second kappa shape index (κ2) is 7.51. The van der Waals surface area contributed by atoms with Gasteiger partial charge in [0.2, 0.25) is 0 Å². The summed E-state index contributed by atoms with van der Waals surface area (Å²) in [5.41, 5.74) is 0. The molecule has 0 N–H and O–H groups in total. The van der Waals surface area contributed by atoms with Crippen LogP contribution in [0.15, 0.2) is 0 Å². The van der Waals surface area contributed by atoms with E-state index in [0.29, 0.717) is 18.1 Å². The summed E-state index contributed by atoms with van der Waals surface area (Å²) in [7, 11) is 0. The van der Waals surface area contributed by atoms with E-state index in [4.69, 9.17) is 6.42 Å². The normalized spacial score (nSPS) is 18.1. The molecule has 1 aliphatic rings. The number of rotatable bonds is 5. The molecule has 1 heteroatoms. The lowest BCUT2D eigenvalue weighted by Crippen LogP contribution is -2.07. The first kappa shape index (κ1) is 12.3. The van der Waals surface area contributed by atoms with Crippen LogP contribution in [0.4, 0.5) is 0 Å². The second-order valence-electron chi connectivity index (χ2n) is 4.66. The van der Waals surface area contributed by atoms with Crippen LogP contribution in [0.1, 0.15) is 64.2 Å². The van der Waals surface area contributed by atoms with Crippen molar-refractivity contribution in [2.45, 2.75) is 64.2 Å². The summed E-state index contributed by atoms with van der Waals surface area (Å²) in [6.45, 7) is 0. The van der Waals surface area contributed by atoms with Crippen LogP contribution in [0.25, 0.3) is 0 Å². The summed E-state index contributed by atoms with van der Waals surface area (Å²) in [6, 6.07) is 0. The van der Waals surface area contributed by atoms with Crippen LogP contribution in [0, 0.1) is 18.3 Å². The SMILES string of the molecule is C#CCCCC(=O)CC1CCCCCC1. The van der Waals surface area contributed by atoms with Crippen molar-refractivity contribution in [3.8, 4) is 12.3 Å². The Morgan fingerprint density at radius 3 is 2.47 bits per heavy atom. The first-order chi connectivity index (χ1) is 7.33. The molecule has 0 aromatic rings. The summed E-state index contributed by atoms with van der Waals surface area (Å²) in [6.07, 6.45) is 16.2. The lowest BCUT2D eigenvalue weighted by molar-refractivity contribution is -0.120. The molecule has 0 heterocycles. The third-order valence-corrected chi connectivity index (χ3v) is 3.27. The van der Waals surface area contributed by atoms with Gasteiger partial charge in [0, 0.05) is 19.3 Å². The number of carbonyl (C=O) groups excluding carboxylic acids is 1. The van der Waals surface area contributed by atoms with Gasteiger partial charge < -0.3 is 0 Å². The van der Waals surface area contributed by atoms with Crippen molar-refractivity contribution in [2.75, 3.05) is 0 Å². The minimum atomic E-state index is 0.428. The van der Waals surface area contributed by atoms with Gasteiger partial charge in [-0.05, 0) is 12.3 Å². The zero-order chi connectivity index (χ0) is 10.9. The molecule has 0 amide bonds. The summed E-state index contributed by atoms with van der Waals surface area (Å²) in [5.74, 6) is 3.68. The summed E-state index contributed by atoms with van der Waals surface area (Å²) in [4.78, 5) is 11.6. The van der Waals surface area contributed by atoms with E-state index in [1.54, 1.807) is 0 Å². The molecule has 15 heavy (non-hydrogen) atoms. The highest BCUT2D eigenvalue weighted by Crippen LogP contribution is 2.26. The van der Waals surface area contributed by atoms with E-state index in [-0.39, 0.29) is 0 Å². The van der Waals surface area contributed by atoms with Gasteiger partial charge >= 0.3 is 0 Å². The number of Topliss-reactive ketones (excluding diaryl/α,β-unsaturated/α-hetero) is 1. The molecule has 1 saturated carbocycles. The molecule has 0 aromatic heterocycles. The summed E-state index contributed by atoms with van der Waals surface area (Å²) >= 11 is 0. The van der Waals surface area contributed by atoms with Gasteiger partial charge in [-0.15, -0.1) is 12.3 Å². The van der Waals surface area contributed by atoms with E-state index in [1.807, 2.05) is 0 Å². The lowest BCUT2D eigenvalue weighted by atomic mass is 9.93. The van der Waals surface area contributed by atoms with Crippen molar-refractivity contribution >= 4 is 5.78 Å². The van der Waals surface area contributed by atoms with E-state index in [2.05, 4.69) is 5.92 Å². The van der Waals surface area contributed by atoms with Gasteiger partial charge in [-0.1, -0.05) is 38.5 Å². The largest absolute Gasteiger partial charge is 0.300 e. The Bertz CT molecular complexity index is 216. The fraction of sp³-hybridized carbons (Fsp3) is 0.786. The zero-order valence-corrected chi connectivity index (χ0v) is 9.63. The fourth-order valence-electron chi connectivity index (χ4n) is 2.38. The molecule has 1 nitrogen and oxygen atoms in total. The number of carbonyl (C=O) groups is 1. The second-order valence-corrected chi connectivity index (χ2v) is 4.66. The highest BCUT2D eigenvalue weighted by atomic mass is 16.1. The molecule has 0 radical (unpaired) electrons. The first-order valence-electron chi connectivity index (χ1n) is 6.28. The Morgan fingerprint density at radius 2 is 1.87 bits per heavy atom. The summed E-state index contributed by atoms with van der Waals surface area (Å²) in [5, 5.41) is 0. The van der Waals surface area contributed by atoms with E-state index in [1.165, 1.54) is 38.5 Å². The minimum absolute atomic E-state index is 0.428. The molecule has 84 valence electrons. The van der Waals surface area contributed by atoms with Crippen molar-refractivity contribution in [1.29, 1.82) is 0 Å². The van der Waals surface area contributed by atoms with Crippen LogP contribution >= 0.6 is 0 Å². The van der Waals surface area contributed by atoms with Crippen molar-refractivity contribution in [1.82, 2.24) is 0 Å². The number of unbranched alkanes of at least 4 members (excludes halogenated alkanes) is 1. The van der Waals surface area contributed by atoms with E-state index in [9.17, 15) is 4.79 Å². The third kappa shape index (κ3) is 5.62. The van der Waals surface area contributed by atoms with Crippen LogP contribution in [-0.2, 0) is 4.79 Å². The Kier molecular flexibility index (Phi) is 6.16. The van der Waals surface area contributed by atoms with E-state index >= 15 is 0 Å². The smallest absolute Gasteiger partial charge is 0.133 e. The molecule has 0 unspecified atom stereocenters.